The van der Waals surface area contributed by atoms with Crippen LogP contribution in [0.15, 0.2) is 12.1 Å². The summed E-state index contributed by atoms with van der Waals surface area (Å²) in [5, 5.41) is 14.3. The molecule has 96 valence electrons. The quantitative estimate of drug-likeness (QED) is 0.784. The van der Waals surface area contributed by atoms with E-state index in [2.05, 4.69) is 10.6 Å². The van der Waals surface area contributed by atoms with Crippen molar-refractivity contribution in [3.8, 4) is 6.07 Å². The molecule has 0 aliphatic carbocycles. The molecule has 2 N–H and O–H groups in total. The third-order valence-corrected chi connectivity index (χ3v) is 2.58. The molecule has 0 aliphatic heterocycles. The van der Waals surface area contributed by atoms with Crippen molar-refractivity contribution in [2.24, 2.45) is 0 Å². The average molecular weight is 249 g/mol. The Kier molecular flexibility index (Phi) is 5.28. The van der Waals surface area contributed by atoms with Gasteiger partial charge in [0.1, 0.15) is 5.82 Å². The summed E-state index contributed by atoms with van der Waals surface area (Å²) in [7, 11) is 1.81. The first-order valence-electron chi connectivity index (χ1n) is 5.73. The molecule has 0 radical (unpaired) electrons. The van der Waals surface area contributed by atoms with Crippen molar-refractivity contribution in [1.82, 2.24) is 5.32 Å². The fourth-order valence-electron chi connectivity index (χ4n) is 1.51. The van der Waals surface area contributed by atoms with Crippen molar-refractivity contribution in [2.75, 3.05) is 18.9 Å². The number of rotatable bonds is 5. The summed E-state index contributed by atoms with van der Waals surface area (Å²) in [5.74, 6) is -0.664. The van der Waals surface area contributed by atoms with E-state index >= 15 is 0 Å². The van der Waals surface area contributed by atoms with Crippen LogP contribution >= 0.6 is 0 Å². The van der Waals surface area contributed by atoms with Crippen molar-refractivity contribution in [3.63, 3.8) is 0 Å². The fraction of sp³-hybridized carbons (Fsp3) is 0.385. The van der Waals surface area contributed by atoms with Crippen LogP contribution in [-0.4, -0.2) is 19.5 Å². The second-order valence-electron chi connectivity index (χ2n) is 4.00. The number of nitrogens with one attached hydrogen (secondary N) is 2. The van der Waals surface area contributed by atoms with E-state index in [-0.39, 0.29) is 11.5 Å². The lowest BCUT2D eigenvalue weighted by atomic mass is 10.1. The Morgan fingerprint density at radius 3 is 2.83 bits per heavy atom. The van der Waals surface area contributed by atoms with Gasteiger partial charge in [-0.3, -0.25) is 4.79 Å². The van der Waals surface area contributed by atoms with E-state index in [1.165, 1.54) is 6.07 Å². The summed E-state index contributed by atoms with van der Waals surface area (Å²) in [6.07, 6.45) is 1.07. The lowest BCUT2D eigenvalue weighted by molar-refractivity contribution is -0.116. The Bertz CT molecular complexity index is 480. The largest absolute Gasteiger partial charge is 0.326 e. The summed E-state index contributed by atoms with van der Waals surface area (Å²) in [5.41, 5.74) is 0.903. The maximum absolute atomic E-state index is 13.5. The average Bonchev–Trinajstić information content (AvgIpc) is 2.35. The Morgan fingerprint density at radius 1 is 1.50 bits per heavy atom. The Labute approximate surface area is 106 Å². The zero-order valence-electron chi connectivity index (χ0n) is 10.5. The predicted molar refractivity (Wildman–Crippen MR) is 67.6 cm³/mol. The van der Waals surface area contributed by atoms with E-state index in [0.29, 0.717) is 24.1 Å². The van der Waals surface area contributed by atoms with Gasteiger partial charge in [-0.2, -0.15) is 5.26 Å². The van der Waals surface area contributed by atoms with E-state index in [4.69, 9.17) is 5.26 Å². The molecule has 0 bridgehead atoms. The SMILES string of the molecule is CNCCCC(=O)Nc1cc(C#N)cc(F)c1C. The zero-order chi connectivity index (χ0) is 13.5. The minimum Gasteiger partial charge on any atom is -0.326 e. The molecule has 1 aromatic carbocycles. The topological polar surface area (TPSA) is 64.9 Å². The highest BCUT2D eigenvalue weighted by molar-refractivity contribution is 5.91. The number of benzene rings is 1. The van der Waals surface area contributed by atoms with Gasteiger partial charge in [0, 0.05) is 17.7 Å². The standard InChI is InChI=1S/C13H16FN3O/c1-9-11(14)6-10(8-15)7-12(9)17-13(18)4-3-5-16-2/h6-7,16H,3-5H2,1-2H3,(H,17,18). The second kappa shape index (κ2) is 6.72. The third kappa shape index (κ3) is 3.82. The van der Waals surface area contributed by atoms with Crippen LogP contribution in [0.4, 0.5) is 10.1 Å². The number of nitriles is 1. The third-order valence-electron chi connectivity index (χ3n) is 2.58. The van der Waals surface area contributed by atoms with Gasteiger partial charge < -0.3 is 10.6 Å². The van der Waals surface area contributed by atoms with E-state index in [1.54, 1.807) is 6.92 Å². The number of nitrogens with zero attached hydrogens (tertiary/aromatic N) is 1. The highest BCUT2D eigenvalue weighted by atomic mass is 19.1. The summed E-state index contributed by atoms with van der Waals surface area (Å²) < 4.78 is 13.5. The molecule has 4 nitrogen and oxygen atoms in total. The molecular weight excluding hydrogens is 233 g/mol. The van der Waals surface area contributed by atoms with Crippen LogP contribution in [0, 0.1) is 24.1 Å². The molecule has 1 rings (SSSR count). The lowest BCUT2D eigenvalue weighted by Crippen LogP contribution is -2.16. The van der Waals surface area contributed by atoms with Gasteiger partial charge in [-0.25, -0.2) is 4.39 Å². The molecule has 0 spiro atoms. The Morgan fingerprint density at radius 2 is 2.22 bits per heavy atom. The minimum atomic E-state index is -0.487. The van der Waals surface area contributed by atoms with E-state index in [1.807, 2.05) is 13.1 Å². The molecule has 0 aromatic heterocycles. The highest BCUT2D eigenvalue weighted by Gasteiger charge is 2.09. The van der Waals surface area contributed by atoms with Crippen molar-refractivity contribution >= 4 is 11.6 Å². The Hall–Kier alpha value is -1.93. The number of anilines is 1. The molecule has 5 heteroatoms. The fourth-order valence-corrected chi connectivity index (χ4v) is 1.51. The van der Waals surface area contributed by atoms with Crippen molar-refractivity contribution in [3.05, 3.63) is 29.1 Å². The molecular formula is C13H16FN3O. The summed E-state index contributed by atoms with van der Waals surface area (Å²) in [6.45, 7) is 2.32. The molecule has 0 saturated heterocycles. The van der Waals surface area contributed by atoms with Gasteiger partial charge in [-0.05, 0) is 39.1 Å². The predicted octanol–water partition coefficient (Wildman–Crippen LogP) is 1.94. The number of carbonyl (C=O) groups excluding carboxylic acids is 1. The molecule has 18 heavy (non-hydrogen) atoms. The van der Waals surface area contributed by atoms with Gasteiger partial charge in [0.2, 0.25) is 5.91 Å². The first kappa shape index (κ1) is 14.1. The molecule has 0 saturated carbocycles. The first-order chi connectivity index (χ1) is 8.58. The summed E-state index contributed by atoms with van der Waals surface area (Å²) in [4.78, 5) is 11.6. The van der Waals surface area contributed by atoms with Gasteiger partial charge in [0.25, 0.3) is 0 Å². The second-order valence-corrected chi connectivity index (χ2v) is 4.00. The smallest absolute Gasteiger partial charge is 0.224 e. The zero-order valence-corrected chi connectivity index (χ0v) is 10.5. The molecule has 1 aromatic rings. The molecule has 0 unspecified atom stereocenters. The van der Waals surface area contributed by atoms with Crippen LogP contribution < -0.4 is 10.6 Å². The van der Waals surface area contributed by atoms with Crippen molar-refractivity contribution in [1.29, 1.82) is 5.26 Å². The van der Waals surface area contributed by atoms with E-state index < -0.39 is 5.82 Å². The lowest BCUT2D eigenvalue weighted by Gasteiger charge is -2.09. The van der Waals surface area contributed by atoms with Crippen molar-refractivity contribution in [2.45, 2.75) is 19.8 Å². The van der Waals surface area contributed by atoms with Crippen molar-refractivity contribution < 1.29 is 9.18 Å². The maximum Gasteiger partial charge on any atom is 0.224 e. The van der Waals surface area contributed by atoms with Gasteiger partial charge in [-0.1, -0.05) is 0 Å². The van der Waals surface area contributed by atoms with Crippen LogP contribution in [-0.2, 0) is 4.79 Å². The number of halogens is 1. The van der Waals surface area contributed by atoms with Gasteiger partial charge in [0.05, 0.1) is 11.6 Å². The van der Waals surface area contributed by atoms with E-state index in [9.17, 15) is 9.18 Å². The van der Waals surface area contributed by atoms with Crippen LogP contribution in [0.2, 0.25) is 0 Å². The molecule has 0 atom stereocenters. The molecule has 0 heterocycles. The van der Waals surface area contributed by atoms with E-state index in [0.717, 1.165) is 12.6 Å². The van der Waals surface area contributed by atoms with Crippen LogP contribution in [0.1, 0.15) is 24.0 Å². The van der Waals surface area contributed by atoms with Crippen LogP contribution in [0.25, 0.3) is 0 Å². The molecule has 0 aliphatic rings. The highest BCUT2D eigenvalue weighted by Crippen LogP contribution is 2.20. The first-order valence-corrected chi connectivity index (χ1v) is 5.73. The molecule has 1 amide bonds. The van der Waals surface area contributed by atoms with Crippen LogP contribution in [0.3, 0.4) is 0 Å². The minimum absolute atomic E-state index is 0.178. The van der Waals surface area contributed by atoms with Gasteiger partial charge in [0.15, 0.2) is 0 Å². The van der Waals surface area contributed by atoms with Gasteiger partial charge >= 0.3 is 0 Å². The number of amides is 1. The van der Waals surface area contributed by atoms with Crippen LogP contribution in [0.5, 0.6) is 0 Å². The number of carbonyl (C=O) groups is 1. The summed E-state index contributed by atoms with van der Waals surface area (Å²) >= 11 is 0. The Balaban J connectivity index is 2.75. The monoisotopic (exact) mass is 249 g/mol. The molecule has 0 fully saturated rings. The summed E-state index contributed by atoms with van der Waals surface area (Å²) in [6, 6.07) is 4.50. The van der Waals surface area contributed by atoms with Gasteiger partial charge in [-0.15, -0.1) is 0 Å². The number of hydrogen-bond acceptors (Lipinski definition) is 3. The maximum atomic E-state index is 13.5. The normalized spacial score (nSPS) is 9.89. The number of hydrogen-bond donors (Lipinski definition) is 2.